The molecule has 2 N–H and O–H groups in total. The average Bonchev–Trinajstić information content (AvgIpc) is 2.49. The molecule has 0 fully saturated rings. The zero-order chi connectivity index (χ0) is 16.5. The highest BCUT2D eigenvalue weighted by Gasteiger charge is 2.16. The minimum atomic E-state index is -0.630. The van der Waals surface area contributed by atoms with Crippen LogP contribution < -0.4 is 10.6 Å². The van der Waals surface area contributed by atoms with Crippen molar-refractivity contribution in [1.82, 2.24) is 5.32 Å². The second-order valence-electron chi connectivity index (χ2n) is 5.56. The lowest BCUT2D eigenvalue weighted by Gasteiger charge is -2.15. The van der Waals surface area contributed by atoms with Gasteiger partial charge in [-0.25, -0.2) is 0 Å². The van der Waals surface area contributed by atoms with Crippen LogP contribution in [-0.4, -0.2) is 18.4 Å². The molecule has 0 aromatic heterocycles. The van der Waals surface area contributed by atoms with E-state index in [4.69, 9.17) is 0 Å². The Bertz CT molecular complexity index is 517. The Hall–Kier alpha value is -1.36. The molecule has 2 amide bonds. The zero-order valence-electron chi connectivity index (χ0n) is 13.5. The first-order valence-electron chi connectivity index (χ1n) is 7.83. The van der Waals surface area contributed by atoms with Gasteiger partial charge in [0.25, 0.3) is 0 Å². The second-order valence-corrected chi connectivity index (χ2v) is 6.42. The van der Waals surface area contributed by atoms with Crippen LogP contribution in [0.5, 0.6) is 0 Å². The number of rotatable bonds is 7. The zero-order valence-corrected chi connectivity index (χ0v) is 15.1. The maximum Gasteiger partial charge on any atom is 0.313 e. The van der Waals surface area contributed by atoms with Crippen molar-refractivity contribution in [3.63, 3.8) is 0 Å². The normalized spacial score (nSPS) is 11.8. The predicted octanol–water partition coefficient (Wildman–Crippen LogP) is 4.03. The Balaban J connectivity index is 2.49. The van der Waals surface area contributed by atoms with Gasteiger partial charge in [-0.15, -0.1) is 0 Å². The van der Waals surface area contributed by atoms with E-state index in [1.807, 2.05) is 19.1 Å². The van der Waals surface area contributed by atoms with Crippen LogP contribution in [0.25, 0.3) is 0 Å². The van der Waals surface area contributed by atoms with Crippen LogP contribution in [-0.2, 0) is 9.59 Å². The molecule has 0 unspecified atom stereocenters. The number of halogens is 1. The summed E-state index contributed by atoms with van der Waals surface area (Å²) in [5.74, 6) is -0.778. The molecule has 0 saturated heterocycles. The van der Waals surface area contributed by atoms with Crippen molar-refractivity contribution in [2.75, 3.05) is 11.9 Å². The van der Waals surface area contributed by atoms with Crippen molar-refractivity contribution >= 4 is 33.4 Å². The number of unbranched alkanes of at least 4 members (excludes halogenated alkanes) is 1. The Kier molecular flexibility index (Phi) is 8.17. The molecule has 0 radical (unpaired) electrons. The van der Waals surface area contributed by atoms with E-state index in [2.05, 4.69) is 40.4 Å². The molecule has 22 heavy (non-hydrogen) atoms. The summed E-state index contributed by atoms with van der Waals surface area (Å²) in [6, 6.07) is 5.56. The van der Waals surface area contributed by atoms with Gasteiger partial charge in [0.1, 0.15) is 0 Å². The summed E-state index contributed by atoms with van der Waals surface area (Å²) >= 11 is 3.38. The maximum absolute atomic E-state index is 11.9. The van der Waals surface area contributed by atoms with Gasteiger partial charge in [-0.05, 0) is 52.9 Å². The Labute approximate surface area is 141 Å². The third-order valence-corrected chi connectivity index (χ3v) is 4.33. The van der Waals surface area contributed by atoms with E-state index in [1.54, 1.807) is 6.07 Å². The van der Waals surface area contributed by atoms with Crippen molar-refractivity contribution in [2.45, 2.75) is 46.5 Å². The fourth-order valence-corrected chi connectivity index (χ4v) is 2.75. The first-order valence-corrected chi connectivity index (χ1v) is 8.62. The monoisotopic (exact) mass is 368 g/mol. The van der Waals surface area contributed by atoms with Gasteiger partial charge in [-0.3, -0.25) is 9.59 Å². The van der Waals surface area contributed by atoms with E-state index in [0.717, 1.165) is 35.7 Å². The lowest BCUT2D eigenvalue weighted by atomic mass is 9.99. The molecule has 5 heteroatoms. The van der Waals surface area contributed by atoms with Gasteiger partial charge in [0.05, 0.1) is 5.69 Å². The molecule has 0 aliphatic carbocycles. The van der Waals surface area contributed by atoms with Gasteiger partial charge < -0.3 is 10.6 Å². The third kappa shape index (κ3) is 6.18. The largest absolute Gasteiger partial charge is 0.348 e. The number of carbonyl (C=O) groups excluding carboxylic acids is 2. The van der Waals surface area contributed by atoms with Crippen molar-refractivity contribution in [3.8, 4) is 0 Å². The molecular formula is C17H25BrN2O2. The summed E-state index contributed by atoms with van der Waals surface area (Å²) in [4.78, 5) is 23.8. The molecule has 0 bridgehead atoms. The van der Waals surface area contributed by atoms with E-state index < -0.39 is 11.8 Å². The molecule has 0 saturated carbocycles. The molecule has 122 valence electrons. The molecule has 1 rings (SSSR count). The van der Waals surface area contributed by atoms with Gasteiger partial charge in [0.15, 0.2) is 0 Å². The Morgan fingerprint density at radius 2 is 1.95 bits per heavy atom. The van der Waals surface area contributed by atoms with E-state index in [-0.39, 0.29) is 0 Å². The number of amides is 2. The summed E-state index contributed by atoms with van der Waals surface area (Å²) in [5, 5.41) is 5.35. The summed E-state index contributed by atoms with van der Waals surface area (Å²) in [7, 11) is 0. The smallest absolute Gasteiger partial charge is 0.313 e. The van der Waals surface area contributed by atoms with Crippen molar-refractivity contribution in [1.29, 1.82) is 0 Å². The maximum atomic E-state index is 11.9. The molecule has 1 aromatic carbocycles. The molecular weight excluding hydrogens is 344 g/mol. The number of aryl methyl sites for hydroxylation is 1. The van der Waals surface area contributed by atoms with Crippen molar-refractivity contribution in [2.24, 2.45) is 5.92 Å². The van der Waals surface area contributed by atoms with E-state index in [0.29, 0.717) is 18.2 Å². The van der Waals surface area contributed by atoms with E-state index in [1.165, 1.54) is 0 Å². The predicted molar refractivity (Wildman–Crippen MR) is 93.8 cm³/mol. The summed E-state index contributed by atoms with van der Waals surface area (Å²) in [5.41, 5.74) is 1.68. The highest BCUT2D eigenvalue weighted by molar-refractivity contribution is 9.10. The van der Waals surface area contributed by atoms with E-state index in [9.17, 15) is 9.59 Å². The minimum Gasteiger partial charge on any atom is -0.348 e. The fraction of sp³-hybridized carbons (Fsp3) is 0.529. The van der Waals surface area contributed by atoms with Gasteiger partial charge >= 0.3 is 11.8 Å². The first-order chi connectivity index (χ1) is 10.5. The number of benzene rings is 1. The van der Waals surface area contributed by atoms with Gasteiger partial charge in [-0.1, -0.05) is 39.2 Å². The molecule has 0 aliphatic rings. The lowest BCUT2D eigenvalue weighted by molar-refractivity contribution is -0.136. The van der Waals surface area contributed by atoms with Gasteiger partial charge in [0, 0.05) is 11.0 Å². The highest BCUT2D eigenvalue weighted by atomic mass is 79.9. The Morgan fingerprint density at radius 1 is 1.23 bits per heavy atom. The number of nitrogens with one attached hydrogen (secondary N) is 2. The second kappa shape index (κ2) is 9.62. The van der Waals surface area contributed by atoms with Crippen LogP contribution in [0, 0.1) is 12.8 Å². The molecule has 0 aliphatic heterocycles. The number of anilines is 1. The Morgan fingerprint density at radius 3 is 2.55 bits per heavy atom. The standard InChI is InChI=1S/C17H25BrN2O2/c1-4-6-7-13(5-2)11-19-16(21)17(22)20-15-9-8-12(3)10-14(15)18/h8-10,13H,4-7,11H2,1-3H3,(H,19,21)(H,20,22)/t13-/m1/s1. The number of hydrogen-bond acceptors (Lipinski definition) is 2. The van der Waals surface area contributed by atoms with Gasteiger partial charge in [-0.2, -0.15) is 0 Å². The number of carbonyl (C=O) groups is 2. The summed E-state index contributed by atoms with van der Waals surface area (Å²) in [6.45, 7) is 6.77. The molecule has 1 atom stereocenters. The molecule has 0 heterocycles. The lowest BCUT2D eigenvalue weighted by Crippen LogP contribution is -2.38. The number of hydrogen-bond donors (Lipinski definition) is 2. The van der Waals surface area contributed by atoms with Crippen LogP contribution in [0.4, 0.5) is 5.69 Å². The van der Waals surface area contributed by atoms with Crippen LogP contribution in [0.1, 0.15) is 45.1 Å². The first kappa shape index (κ1) is 18.7. The van der Waals surface area contributed by atoms with Crippen LogP contribution in [0.2, 0.25) is 0 Å². The molecule has 1 aromatic rings. The average molecular weight is 369 g/mol. The molecule has 0 spiro atoms. The fourth-order valence-electron chi connectivity index (χ4n) is 2.16. The van der Waals surface area contributed by atoms with Crippen molar-refractivity contribution in [3.05, 3.63) is 28.2 Å². The van der Waals surface area contributed by atoms with Crippen molar-refractivity contribution < 1.29 is 9.59 Å². The summed E-state index contributed by atoms with van der Waals surface area (Å²) < 4.78 is 0.767. The molecule has 4 nitrogen and oxygen atoms in total. The van der Waals surface area contributed by atoms with Crippen LogP contribution in [0.15, 0.2) is 22.7 Å². The highest BCUT2D eigenvalue weighted by Crippen LogP contribution is 2.23. The SMILES string of the molecule is CCCC[C@@H](CC)CNC(=O)C(=O)Nc1ccc(C)cc1Br. The quantitative estimate of drug-likeness (QED) is 0.713. The van der Waals surface area contributed by atoms with E-state index >= 15 is 0 Å². The topological polar surface area (TPSA) is 58.2 Å². The third-order valence-electron chi connectivity index (χ3n) is 3.67. The minimum absolute atomic E-state index is 0.433. The summed E-state index contributed by atoms with van der Waals surface area (Å²) in [6.07, 6.45) is 4.38. The van der Waals surface area contributed by atoms with Gasteiger partial charge in [0.2, 0.25) is 0 Å². The van der Waals surface area contributed by atoms with Crippen LogP contribution in [0.3, 0.4) is 0 Å². The van der Waals surface area contributed by atoms with Crippen LogP contribution >= 0.6 is 15.9 Å².